The maximum Gasteiger partial charge on any atom is 0.291 e. The molecule has 0 saturated heterocycles. The summed E-state index contributed by atoms with van der Waals surface area (Å²) in [5.41, 5.74) is 1.77. The summed E-state index contributed by atoms with van der Waals surface area (Å²) in [4.78, 5) is 28.8. The lowest BCUT2D eigenvalue weighted by molar-refractivity contribution is 0.0996. The molecule has 106 valence electrons. The number of hydrogen-bond acceptors (Lipinski definition) is 4. The highest BCUT2D eigenvalue weighted by Gasteiger charge is 2.15. The maximum absolute atomic E-state index is 12.5. The quantitative estimate of drug-likeness (QED) is 0.781. The molecule has 0 unspecified atom stereocenters. The Hall–Kier alpha value is -2.89. The number of rotatable bonds is 2. The van der Waals surface area contributed by atoms with E-state index in [-0.39, 0.29) is 17.0 Å². The lowest BCUT2D eigenvalue weighted by atomic mass is 10.3. The monoisotopic (exact) mass is 283 g/mol. The first kappa shape index (κ1) is 13.1. The molecule has 6 nitrogen and oxygen atoms in total. The number of amides is 1. The fourth-order valence-electron chi connectivity index (χ4n) is 2.08. The van der Waals surface area contributed by atoms with E-state index >= 15 is 0 Å². The van der Waals surface area contributed by atoms with Crippen molar-refractivity contribution in [1.82, 2.24) is 9.38 Å². The van der Waals surface area contributed by atoms with Gasteiger partial charge in [0.1, 0.15) is 11.3 Å². The van der Waals surface area contributed by atoms with Crippen LogP contribution in [0.4, 0.5) is 5.69 Å². The van der Waals surface area contributed by atoms with Crippen molar-refractivity contribution in [2.24, 2.45) is 0 Å². The van der Waals surface area contributed by atoms with Crippen LogP contribution in [0.2, 0.25) is 0 Å². The van der Waals surface area contributed by atoms with Crippen molar-refractivity contribution in [3.8, 4) is 0 Å². The molecule has 3 rings (SSSR count). The minimum atomic E-state index is -0.477. The van der Waals surface area contributed by atoms with Gasteiger partial charge in [0.05, 0.1) is 12.0 Å². The Morgan fingerprint density at radius 1 is 1.29 bits per heavy atom. The number of aromatic nitrogens is 2. The van der Waals surface area contributed by atoms with Crippen molar-refractivity contribution in [3.63, 3.8) is 0 Å². The zero-order valence-corrected chi connectivity index (χ0v) is 11.6. The number of hydrogen-bond donors (Lipinski definition) is 1. The van der Waals surface area contributed by atoms with Gasteiger partial charge in [0, 0.05) is 6.20 Å². The third-order valence-corrected chi connectivity index (χ3v) is 3.14. The molecule has 0 radical (unpaired) electrons. The number of carbonyl (C=O) groups is 1. The van der Waals surface area contributed by atoms with Gasteiger partial charge in [-0.3, -0.25) is 14.0 Å². The van der Waals surface area contributed by atoms with Crippen LogP contribution in [-0.4, -0.2) is 15.3 Å². The van der Waals surface area contributed by atoms with Crippen molar-refractivity contribution in [1.29, 1.82) is 0 Å². The third kappa shape index (κ3) is 2.31. The number of nitrogens with one attached hydrogen (secondary N) is 1. The van der Waals surface area contributed by atoms with Gasteiger partial charge >= 0.3 is 0 Å². The molecule has 21 heavy (non-hydrogen) atoms. The fraction of sp³-hybridized carbons (Fsp3) is 0.133. The second-order valence-corrected chi connectivity index (χ2v) is 4.74. The number of fused-ring (bicyclic) bond motifs is 1. The Balaban J connectivity index is 2.10. The largest absolute Gasteiger partial charge is 0.459 e. The summed E-state index contributed by atoms with van der Waals surface area (Å²) >= 11 is 0. The lowest BCUT2D eigenvalue weighted by Crippen LogP contribution is -2.24. The normalized spacial score (nSPS) is 10.8. The zero-order valence-electron chi connectivity index (χ0n) is 11.6. The molecule has 1 N–H and O–H groups in total. The molecule has 6 heteroatoms. The first-order chi connectivity index (χ1) is 10.1. The molecule has 0 saturated carbocycles. The predicted octanol–water partition coefficient (Wildman–Crippen LogP) is 2.16. The summed E-state index contributed by atoms with van der Waals surface area (Å²) in [5.74, 6) is -0.335. The van der Waals surface area contributed by atoms with E-state index in [2.05, 4.69) is 10.3 Å². The molecule has 1 amide bonds. The molecule has 0 atom stereocenters. The second kappa shape index (κ2) is 4.90. The molecule has 3 aromatic rings. The Morgan fingerprint density at radius 3 is 2.81 bits per heavy atom. The first-order valence-electron chi connectivity index (χ1n) is 6.41. The maximum atomic E-state index is 12.5. The molecular formula is C15H13N3O3. The van der Waals surface area contributed by atoms with Crippen LogP contribution in [0.3, 0.4) is 0 Å². The average molecular weight is 283 g/mol. The molecule has 0 bridgehead atoms. The van der Waals surface area contributed by atoms with Crippen LogP contribution in [0.25, 0.3) is 5.65 Å². The summed E-state index contributed by atoms with van der Waals surface area (Å²) in [6.07, 6.45) is 3.09. The molecule has 0 aliphatic carbocycles. The Labute approximate surface area is 120 Å². The molecule has 0 aromatic carbocycles. The van der Waals surface area contributed by atoms with Crippen molar-refractivity contribution in [2.45, 2.75) is 13.8 Å². The molecule has 0 fully saturated rings. The van der Waals surface area contributed by atoms with Gasteiger partial charge in [-0.15, -0.1) is 0 Å². The van der Waals surface area contributed by atoms with Crippen molar-refractivity contribution >= 4 is 17.2 Å². The summed E-state index contributed by atoms with van der Waals surface area (Å²) in [7, 11) is 0. The Bertz CT molecular complexity index is 879. The minimum absolute atomic E-state index is 0.142. The minimum Gasteiger partial charge on any atom is -0.459 e. The first-order valence-corrected chi connectivity index (χ1v) is 6.41. The standard InChI is InChI=1S/C15H13N3O3/c1-9-5-6-12-16-10(2)13(15(20)18(12)8-9)17-14(19)11-4-3-7-21-11/h3-8H,1-2H3,(H,17,19). The van der Waals surface area contributed by atoms with Crippen molar-refractivity contribution < 1.29 is 9.21 Å². The second-order valence-electron chi connectivity index (χ2n) is 4.74. The van der Waals surface area contributed by atoms with E-state index in [0.29, 0.717) is 11.3 Å². The average Bonchev–Trinajstić information content (AvgIpc) is 2.98. The van der Waals surface area contributed by atoms with Crippen LogP contribution in [0.1, 0.15) is 21.8 Å². The number of anilines is 1. The van der Waals surface area contributed by atoms with Crippen molar-refractivity contribution in [3.05, 3.63) is 64.1 Å². The van der Waals surface area contributed by atoms with Gasteiger partial charge in [0.15, 0.2) is 5.76 Å². The molecule has 0 aliphatic heterocycles. The Morgan fingerprint density at radius 2 is 2.10 bits per heavy atom. The van der Waals surface area contributed by atoms with E-state index in [4.69, 9.17) is 4.42 Å². The van der Waals surface area contributed by atoms with E-state index in [9.17, 15) is 9.59 Å². The number of nitrogens with zero attached hydrogens (tertiary/aromatic N) is 2. The molecule has 3 heterocycles. The highest BCUT2D eigenvalue weighted by Crippen LogP contribution is 2.11. The van der Waals surface area contributed by atoms with Gasteiger partial charge < -0.3 is 9.73 Å². The van der Waals surface area contributed by atoms with Crippen LogP contribution in [0.15, 0.2) is 45.9 Å². The summed E-state index contributed by atoms with van der Waals surface area (Å²) < 4.78 is 6.43. The van der Waals surface area contributed by atoms with E-state index in [0.717, 1.165) is 5.56 Å². The topological polar surface area (TPSA) is 76.6 Å². The van der Waals surface area contributed by atoms with E-state index < -0.39 is 5.91 Å². The predicted molar refractivity (Wildman–Crippen MR) is 77.6 cm³/mol. The third-order valence-electron chi connectivity index (χ3n) is 3.14. The van der Waals surface area contributed by atoms with Crippen LogP contribution >= 0.6 is 0 Å². The SMILES string of the molecule is Cc1ccc2nc(C)c(NC(=O)c3ccco3)c(=O)n2c1. The number of carbonyl (C=O) groups excluding carboxylic acids is 1. The van der Waals surface area contributed by atoms with Gasteiger partial charge in [-0.05, 0) is 37.6 Å². The molecule has 0 aliphatic rings. The van der Waals surface area contributed by atoms with Crippen LogP contribution in [0, 0.1) is 13.8 Å². The summed E-state index contributed by atoms with van der Waals surface area (Å²) in [6.45, 7) is 3.56. The number of pyridine rings is 1. The lowest BCUT2D eigenvalue weighted by Gasteiger charge is -2.09. The van der Waals surface area contributed by atoms with E-state index in [1.54, 1.807) is 25.3 Å². The van der Waals surface area contributed by atoms with Gasteiger partial charge in [-0.1, -0.05) is 6.07 Å². The zero-order chi connectivity index (χ0) is 15.0. The molecule has 0 spiro atoms. The smallest absolute Gasteiger partial charge is 0.291 e. The Kier molecular flexibility index (Phi) is 3.06. The highest BCUT2D eigenvalue weighted by atomic mass is 16.3. The summed E-state index contributed by atoms with van der Waals surface area (Å²) in [6, 6.07) is 6.78. The van der Waals surface area contributed by atoms with E-state index in [1.807, 2.05) is 13.0 Å². The fourth-order valence-corrected chi connectivity index (χ4v) is 2.08. The van der Waals surface area contributed by atoms with Crippen LogP contribution in [-0.2, 0) is 0 Å². The molecular weight excluding hydrogens is 270 g/mol. The number of aryl methyl sites for hydroxylation is 2. The highest BCUT2D eigenvalue weighted by molar-refractivity contribution is 6.02. The van der Waals surface area contributed by atoms with Crippen LogP contribution < -0.4 is 10.9 Å². The van der Waals surface area contributed by atoms with Gasteiger partial charge in [-0.25, -0.2) is 4.98 Å². The summed E-state index contributed by atoms with van der Waals surface area (Å²) in [5, 5.41) is 2.56. The van der Waals surface area contributed by atoms with E-state index in [1.165, 1.54) is 16.7 Å². The van der Waals surface area contributed by atoms with Gasteiger partial charge in [0.25, 0.3) is 11.5 Å². The van der Waals surface area contributed by atoms with Gasteiger partial charge in [0.2, 0.25) is 0 Å². The molecule has 3 aromatic heterocycles. The van der Waals surface area contributed by atoms with Crippen LogP contribution in [0.5, 0.6) is 0 Å². The van der Waals surface area contributed by atoms with Crippen molar-refractivity contribution in [2.75, 3.05) is 5.32 Å². The number of furan rings is 1. The van der Waals surface area contributed by atoms with Gasteiger partial charge in [-0.2, -0.15) is 0 Å².